The summed E-state index contributed by atoms with van der Waals surface area (Å²) in [5.74, 6) is 0. The molecule has 0 unspecified atom stereocenters. The largest absolute Gasteiger partial charge is 0.444 e. The minimum absolute atomic E-state index is 0.349. The van der Waals surface area contributed by atoms with E-state index in [2.05, 4.69) is 27.5 Å². The maximum atomic E-state index is 11.4. The lowest BCUT2D eigenvalue weighted by Gasteiger charge is -2.32. The monoisotopic (exact) mass is 286 g/mol. The summed E-state index contributed by atoms with van der Waals surface area (Å²) >= 11 is 0. The van der Waals surface area contributed by atoms with Crippen molar-refractivity contribution in [1.29, 1.82) is 0 Å². The van der Waals surface area contributed by atoms with E-state index in [1.54, 1.807) is 0 Å². The van der Waals surface area contributed by atoms with Gasteiger partial charge in [0.25, 0.3) is 0 Å². The van der Waals surface area contributed by atoms with E-state index in [1.807, 2.05) is 20.8 Å². The molecule has 0 atom stereocenters. The summed E-state index contributed by atoms with van der Waals surface area (Å²) < 4.78 is 5.16. The standard InChI is InChI=1S/C14H30N4O2/c1-14(2,3)20-13(19)16-6-5-15-7-8-18-11-9-17(4)10-12-18/h15H,5-12H2,1-4H3,(H,16,19). The van der Waals surface area contributed by atoms with Gasteiger partial charge in [-0.3, -0.25) is 4.90 Å². The molecule has 1 aliphatic heterocycles. The van der Waals surface area contributed by atoms with Crippen LogP contribution in [0.4, 0.5) is 4.79 Å². The number of amides is 1. The molecule has 6 heteroatoms. The summed E-state index contributed by atoms with van der Waals surface area (Å²) in [6.45, 7) is 13.6. The Kier molecular flexibility index (Phi) is 7.26. The van der Waals surface area contributed by atoms with Crippen LogP contribution in [0.5, 0.6) is 0 Å². The van der Waals surface area contributed by atoms with E-state index in [1.165, 1.54) is 0 Å². The quantitative estimate of drug-likeness (QED) is 0.690. The lowest BCUT2D eigenvalue weighted by Crippen LogP contribution is -2.46. The van der Waals surface area contributed by atoms with Crippen LogP contribution in [0.2, 0.25) is 0 Å². The number of likely N-dealkylation sites (N-methyl/N-ethyl adjacent to an activating group) is 1. The van der Waals surface area contributed by atoms with Crippen molar-refractivity contribution in [2.75, 3.05) is 59.4 Å². The van der Waals surface area contributed by atoms with Gasteiger partial charge in [-0.15, -0.1) is 0 Å². The first-order chi connectivity index (χ1) is 9.37. The van der Waals surface area contributed by atoms with Crippen molar-refractivity contribution in [1.82, 2.24) is 20.4 Å². The highest BCUT2D eigenvalue weighted by Crippen LogP contribution is 2.05. The zero-order valence-electron chi connectivity index (χ0n) is 13.4. The van der Waals surface area contributed by atoms with Gasteiger partial charge >= 0.3 is 6.09 Å². The van der Waals surface area contributed by atoms with Crippen molar-refractivity contribution in [3.05, 3.63) is 0 Å². The van der Waals surface area contributed by atoms with E-state index >= 15 is 0 Å². The number of hydrogen-bond acceptors (Lipinski definition) is 5. The molecule has 0 aromatic carbocycles. The topological polar surface area (TPSA) is 56.8 Å². The number of piperazine rings is 1. The van der Waals surface area contributed by atoms with Crippen LogP contribution in [0.15, 0.2) is 0 Å². The predicted molar refractivity (Wildman–Crippen MR) is 81.0 cm³/mol. The number of nitrogens with zero attached hydrogens (tertiary/aromatic N) is 2. The number of rotatable bonds is 6. The molecule has 118 valence electrons. The van der Waals surface area contributed by atoms with Crippen LogP contribution in [0.3, 0.4) is 0 Å². The summed E-state index contributed by atoms with van der Waals surface area (Å²) in [7, 11) is 2.16. The summed E-state index contributed by atoms with van der Waals surface area (Å²) in [6, 6.07) is 0. The van der Waals surface area contributed by atoms with Gasteiger partial charge in [-0.2, -0.15) is 0 Å². The van der Waals surface area contributed by atoms with Crippen molar-refractivity contribution < 1.29 is 9.53 Å². The van der Waals surface area contributed by atoms with E-state index < -0.39 is 5.60 Å². The fraction of sp³-hybridized carbons (Fsp3) is 0.929. The first kappa shape index (κ1) is 17.2. The van der Waals surface area contributed by atoms with Gasteiger partial charge in [0.1, 0.15) is 5.60 Å². The third-order valence-corrected chi connectivity index (χ3v) is 3.17. The Labute approximate surface area is 122 Å². The first-order valence-corrected chi connectivity index (χ1v) is 7.45. The fourth-order valence-electron chi connectivity index (χ4n) is 2.00. The van der Waals surface area contributed by atoms with Crippen LogP contribution in [0, 0.1) is 0 Å². The Bertz CT molecular complexity index is 283. The molecule has 0 radical (unpaired) electrons. The molecule has 1 amide bonds. The Hall–Kier alpha value is -0.850. The molecule has 1 fully saturated rings. The smallest absolute Gasteiger partial charge is 0.407 e. The van der Waals surface area contributed by atoms with Gasteiger partial charge in [0.2, 0.25) is 0 Å². The lowest BCUT2D eigenvalue weighted by atomic mass is 10.2. The molecule has 6 nitrogen and oxygen atoms in total. The molecule has 0 bridgehead atoms. The lowest BCUT2D eigenvalue weighted by molar-refractivity contribution is 0.0528. The number of carbonyl (C=O) groups excluding carboxylic acids is 1. The highest BCUT2D eigenvalue weighted by atomic mass is 16.6. The Morgan fingerprint density at radius 3 is 2.35 bits per heavy atom. The average Bonchev–Trinajstić information content (AvgIpc) is 2.33. The van der Waals surface area contributed by atoms with Crippen LogP contribution in [0.25, 0.3) is 0 Å². The summed E-state index contributed by atoms with van der Waals surface area (Å²) in [5.41, 5.74) is -0.432. The third-order valence-electron chi connectivity index (χ3n) is 3.17. The van der Waals surface area contributed by atoms with Gasteiger partial charge < -0.3 is 20.3 Å². The second-order valence-electron chi connectivity index (χ2n) is 6.32. The van der Waals surface area contributed by atoms with Crippen LogP contribution < -0.4 is 10.6 Å². The maximum absolute atomic E-state index is 11.4. The Morgan fingerprint density at radius 1 is 1.10 bits per heavy atom. The highest BCUT2D eigenvalue weighted by Gasteiger charge is 2.15. The molecule has 0 spiro atoms. The second-order valence-corrected chi connectivity index (χ2v) is 6.32. The molecule has 1 aliphatic rings. The van der Waals surface area contributed by atoms with E-state index in [-0.39, 0.29) is 6.09 Å². The molecular formula is C14H30N4O2. The molecule has 1 rings (SSSR count). The zero-order valence-corrected chi connectivity index (χ0v) is 13.4. The van der Waals surface area contributed by atoms with Crippen LogP contribution >= 0.6 is 0 Å². The molecule has 1 heterocycles. The van der Waals surface area contributed by atoms with Crippen LogP contribution in [-0.2, 0) is 4.74 Å². The second kappa shape index (κ2) is 8.44. The fourth-order valence-corrected chi connectivity index (χ4v) is 2.00. The van der Waals surface area contributed by atoms with E-state index in [0.717, 1.165) is 45.8 Å². The summed E-state index contributed by atoms with van der Waals surface area (Å²) in [6.07, 6.45) is -0.349. The molecule has 2 N–H and O–H groups in total. The van der Waals surface area contributed by atoms with Gasteiger partial charge in [0.15, 0.2) is 0 Å². The van der Waals surface area contributed by atoms with Crippen molar-refractivity contribution in [2.45, 2.75) is 26.4 Å². The minimum Gasteiger partial charge on any atom is -0.444 e. The molecule has 0 saturated carbocycles. The van der Waals surface area contributed by atoms with Gasteiger partial charge in [-0.25, -0.2) is 4.79 Å². The van der Waals surface area contributed by atoms with Gasteiger partial charge in [0.05, 0.1) is 0 Å². The van der Waals surface area contributed by atoms with Gasteiger partial charge in [-0.1, -0.05) is 0 Å². The van der Waals surface area contributed by atoms with E-state index in [4.69, 9.17) is 4.74 Å². The Balaban J connectivity index is 1.93. The van der Waals surface area contributed by atoms with E-state index in [9.17, 15) is 4.79 Å². The highest BCUT2D eigenvalue weighted by molar-refractivity contribution is 5.67. The number of carbonyl (C=O) groups is 1. The maximum Gasteiger partial charge on any atom is 0.407 e. The molecule has 0 aliphatic carbocycles. The van der Waals surface area contributed by atoms with Gasteiger partial charge in [-0.05, 0) is 27.8 Å². The molecular weight excluding hydrogens is 256 g/mol. The Morgan fingerprint density at radius 2 is 1.75 bits per heavy atom. The minimum atomic E-state index is -0.432. The molecule has 0 aromatic heterocycles. The van der Waals surface area contributed by atoms with Crippen LogP contribution in [-0.4, -0.2) is 80.9 Å². The molecule has 20 heavy (non-hydrogen) atoms. The zero-order chi connectivity index (χ0) is 15.0. The number of nitrogens with one attached hydrogen (secondary N) is 2. The molecule has 1 saturated heterocycles. The van der Waals surface area contributed by atoms with E-state index in [0.29, 0.717) is 6.54 Å². The van der Waals surface area contributed by atoms with Crippen LogP contribution in [0.1, 0.15) is 20.8 Å². The van der Waals surface area contributed by atoms with Crippen molar-refractivity contribution in [3.8, 4) is 0 Å². The normalized spacial score (nSPS) is 18.0. The number of hydrogen-bond donors (Lipinski definition) is 2. The SMILES string of the molecule is CN1CCN(CCNCCNC(=O)OC(C)(C)C)CC1. The average molecular weight is 286 g/mol. The first-order valence-electron chi connectivity index (χ1n) is 7.45. The summed E-state index contributed by atoms with van der Waals surface area (Å²) in [4.78, 5) is 16.2. The molecule has 0 aromatic rings. The van der Waals surface area contributed by atoms with Crippen molar-refractivity contribution in [3.63, 3.8) is 0 Å². The third kappa shape index (κ3) is 8.35. The number of ether oxygens (including phenoxy) is 1. The number of alkyl carbamates (subject to hydrolysis) is 1. The van der Waals surface area contributed by atoms with Gasteiger partial charge in [0, 0.05) is 52.4 Å². The van der Waals surface area contributed by atoms with Crippen molar-refractivity contribution >= 4 is 6.09 Å². The predicted octanol–water partition coefficient (Wildman–Crippen LogP) is 0.348. The van der Waals surface area contributed by atoms with Crippen molar-refractivity contribution in [2.24, 2.45) is 0 Å². The summed E-state index contributed by atoms with van der Waals surface area (Å²) in [5, 5.41) is 6.08.